The molecule has 0 aliphatic heterocycles. The van der Waals surface area contributed by atoms with Gasteiger partial charge in [0.15, 0.2) is 5.65 Å². The van der Waals surface area contributed by atoms with E-state index in [4.69, 9.17) is 0 Å². The van der Waals surface area contributed by atoms with Crippen LogP contribution in [-0.2, 0) is 13.5 Å². The van der Waals surface area contributed by atoms with Crippen LogP contribution < -0.4 is 5.32 Å². The topological polar surface area (TPSA) is 68.5 Å². The molecule has 0 radical (unpaired) electrons. The summed E-state index contributed by atoms with van der Waals surface area (Å²) in [4.78, 5) is 12.8. The number of hydrogen-bond donors (Lipinski definition) is 1. The summed E-state index contributed by atoms with van der Waals surface area (Å²) in [7, 11) is 1.94. The second-order valence-electron chi connectivity index (χ2n) is 4.22. The fraction of sp³-hybridized carbons (Fsp3) is 0.231. The summed E-state index contributed by atoms with van der Waals surface area (Å²) in [5.74, 6) is 0.815. The molecule has 0 aromatic carbocycles. The quantitative estimate of drug-likeness (QED) is 0.762. The van der Waals surface area contributed by atoms with Gasteiger partial charge in [-0.2, -0.15) is 5.10 Å². The first-order valence-electron chi connectivity index (χ1n) is 6.11. The van der Waals surface area contributed by atoms with Crippen LogP contribution >= 0.6 is 0 Å². The zero-order chi connectivity index (χ0) is 13.1. The van der Waals surface area contributed by atoms with Gasteiger partial charge in [0.25, 0.3) is 0 Å². The number of fused-ring (bicyclic) bond motifs is 1. The number of aromatic nitrogens is 5. The van der Waals surface area contributed by atoms with Crippen LogP contribution in [0.15, 0.2) is 36.8 Å². The molecule has 0 atom stereocenters. The molecule has 19 heavy (non-hydrogen) atoms. The summed E-state index contributed by atoms with van der Waals surface area (Å²) >= 11 is 0. The van der Waals surface area contributed by atoms with E-state index in [1.165, 1.54) is 5.69 Å². The molecule has 6 heteroatoms. The van der Waals surface area contributed by atoms with Crippen molar-refractivity contribution in [1.82, 2.24) is 24.7 Å². The highest BCUT2D eigenvalue weighted by molar-refractivity contribution is 5.71. The monoisotopic (exact) mass is 254 g/mol. The summed E-state index contributed by atoms with van der Waals surface area (Å²) in [5.41, 5.74) is 2.65. The Morgan fingerprint density at radius 3 is 2.84 bits per heavy atom. The summed E-state index contributed by atoms with van der Waals surface area (Å²) in [6, 6.07) is 5.85. The highest BCUT2D eigenvalue weighted by Crippen LogP contribution is 2.10. The Bertz CT molecular complexity index is 690. The van der Waals surface area contributed by atoms with E-state index in [0.29, 0.717) is 5.65 Å². The van der Waals surface area contributed by atoms with Crippen LogP contribution in [0.5, 0.6) is 0 Å². The molecular weight excluding hydrogens is 240 g/mol. The van der Waals surface area contributed by atoms with E-state index in [9.17, 15) is 0 Å². The molecule has 0 spiro atoms. The third-order valence-corrected chi connectivity index (χ3v) is 2.94. The van der Waals surface area contributed by atoms with Gasteiger partial charge in [-0.05, 0) is 18.2 Å². The van der Waals surface area contributed by atoms with E-state index >= 15 is 0 Å². The molecule has 0 saturated carbocycles. The van der Waals surface area contributed by atoms with E-state index in [1.807, 2.05) is 29.9 Å². The van der Waals surface area contributed by atoms with Gasteiger partial charge in [0.2, 0.25) is 0 Å². The van der Waals surface area contributed by atoms with Crippen molar-refractivity contribution in [2.24, 2.45) is 7.05 Å². The first kappa shape index (κ1) is 11.6. The van der Waals surface area contributed by atoms with Gasteiger partial charge >= 0.3 is 0 Å². The number of nitrogens with one attached hydrogen (secondary N) is 1. The highest BCUT2D eigenvalue weighted by atomic mass is 15.3. The second kappa shape index (κ2) is 5.01. The molecule has 0 aliphatic carbocycles. The van der Waals surface area contributed by atoms with Gasteiger partial charge in [0.1, 0.15) is 11.3 Å². The average molecular weight is 254 g/mol. The van der Waals surface area contributed by atoms with Crippen LogP contribution in [-0.4, -0.2) is 31.3 Å². The van der Waals surface area contributed by atoms with E-state index in [-0.39, 0.29) is 0 Å². The molecule has 6 nitrogen and oxygen atoms in total. The lowest BCUT2D eigenvalue weighted by atomic mass is 10.3. The Labute approximate surface area is 110 Å². The van der Waals surface area contributed by atoms with Crippen LogP contribution in [0.3, 0.4) is 0 Å². The van der Waals surface area contributed by atoms with E-state index < -0.39 is 0 Å². The molecule has 0 saturated heterocycles. The normalized spacial score (nSPS) is 10.8. The molecule has 0 fully saturated rings. The van der Waals surface area contributed by atoms with Crippen LogP contribution in [0, 0.1) is 0 Å². The lowest BCUT2D eigenvalue weighted by molar-refractivity contribution is 0.711. The SMILES string of the molecule is Cn1nccc1CCNc1ccc2nccnc2n1. The predicted octanol–water partition coefficient (Wildman–Crippen LogP) is 1.41. The number of aryl methyl sites for hydroxylation is 1. The van der Waals surface area contributed by atoms with Gasteiger partial charge in [-0.25, -0.2) is 9.97 Å². The van der Waals surface area contributed by atoms with Crippen molar-refractivity contribution in [1.29, 1.82) is 0 Å². The Kier molecular flexibility index (Phi) is 3.06. The van der Waals surface area contributed by atoms with Crippen LogP contribution in [0.1, 0.15) is 5.69 Å². The summed E-state index contributed by atoms with van der Waals surface area (Å²) in [6.45, 7) is 0.804. The Balaban J connectivity index is 1.67. The average Bonchev–Trinajstić information content (AvgIpc) is 2.84. The van der Waals surface area contributed by atoms with Gasteiger partial charge in [-0.1, -0.05) is 0 Å². The molecule has 3 heterocycles. The maximum Gasteiger partial charge on any atom is 0.180 e. The number of pyridine rings is 1. The standard InChI is InChI=1S/C13H14N6/c1-19-10(5-7-17-19)4-6-15-12-3-2-11-13(18-12)16-9-8-14-11/h2-3,5,7-9H,4,6H2,1H3,(H,15,16,18). The maximum absolute atomic E-state index is 4.41. The summed E-state index contributed by atoms with van der Waals surface area (Å²) in [5, 5.41) is 7.42. The minimum atomic E-state index is 0.660. The Morgan fingerprint density at radius 1 is 1.11 bits per heavy atom. The van der Waals surface area contributed by atoms with Crippen LogP contribution in [0.25, 0.3) is 11.2 Å². The van der Waals surface area contributed by atoms with Crippen molar-refractivity contribution in [3.8, 4) is 0 Å². The number of nitrogens with zero attached hydrogens (tertiary/aromatic N) is 5. The van der Waals surface area contributed by atoms with Gasteiger partial charge < -0.3 is 5.32 Å². The molecule has 3 aromatic heterocycles. The number of anilines is 1. The third kappa shape index (κ3) is 2.52. The Morgan fingerprint density at radius 2 is 2.00 bits per heavy atom. The molecule has 0 bridgehead atoms. The highest BCUT2D eigenvalue weighted by Gasteiger charge is 2.01. The predicted molar refractivity (Wildman–Crippen MR) is 72.7 cm³/mol. The van der Waals surface area contributed by atoms with Gasteiger partial charge in [-0.15, -0.1) is 0 Å². The number of hydrogen-bond acceptors (Lipinski definition) is 5. The van der Waals surface area contributed by atoms with Crippen molar-refractivity contribution in [2.45, 2.75) is 6.42 Å². The number of rotatable bonds is 4. The fourth-order valence-electron chi connectivity index (χ4n) is 1.92. The van der Waals surface area contributed by atoms with Gasteiger partial charge in [-0.3, -0.25) is 9.67 Å². The molecule has 0 amide bonds. The first-order chi connectivity index (χ1) is 9.33. The van der Waals surface area contributed by atoms with Gasteiger partial charge in [0.05, 0.1) is 0 Å². The second-order valence-corrected chi connectivity index (χ2v) is 4.22. The minimum absolute atomic E-state index is 0.660. The molecule has 3 rings (SSSR count). The molecular formula is C13H14N6. The zero-order valence-corrected chi connectivity index (χ0v) is 10.6. The van der Waals surface area contributed by atoms with Crippen molar-refractivity contribution >= 4 is 17.0 Å². The van der Waals surface area contributed by atoms with Crippen molar-refractivity contribution in [2.75, 3.05) is 11.9 Å². The third-order valence-electron chi connectivity index (χ3n) is 2.94. The van der Waals surface area contributed by atoms with E-state index in [2.05, 4.69) is 25.4 Å². The van der Waals surface area contributed by atoms with Gasteiger partial charge in [0, 0.05) is 44.3 Å². The lowest BCUT2D eigenvalue weighted by Gasteiger charge is -2.06. The zero-order valence-electron chi connectivity index (χ0n) is 10.6. The maximum atomic E-state index is 4.41. The molecule has 0 aliphatic rings. The largest absolute Gasteiger partial charge is 0.370 e. The summed E-state index contributed by atoms with van der Waals surface area (Å²) in [6.07, 6.45) is 6.02. The van der Waals surface area contributed by atoms with E-state index in [0.717, 1.165) is 24.3 Å². The summed E-state index contributed by atoms with van der Waals surface area (Å²) < 4.78 is 1.88. The molecule has 3 aromatic rings. The molecule has 0 unspecified atom stereocenters. The lowest BCUT2D eigenvalue weighted by Crippen LogP contribution is -2.09. The first-order valence-corrected chi connectivity index (χ1v) is 6.11. The van der Waals surface area contributed by atoms with Crippen LogP contribution in [0.4, 0.5) is 5.82 Å². The van der Waals surface area contributed by atoms with E-state index in [1.54, 1.807) is 18.6 Å². The molecule has 96 valence electrons. The van der Waals surface area contributed by atoms with Crippen molar-refractivity contribution in [3.05, 3.63) is 42.5 Å². The Hall–Kier alpha value is -2.50. The van der Waals surface area contributed by atoms with Crippen molar-refractivity contribution in [3.63, 3.8) is 0 Å². The smallest absolute Gasteiger partial charge is 0.180 e. The minimum Gasteiger partial charge on any atom is -0.370 e. The fourth-order valence-corrected chi connectivity index (χ4v) is 1.92. The molecule has 1 N–H and O–H groups in total. The van der Waals surface area contributed by atoms with Crippen LogP contribution in [0.2, 0.25) is 0 Å². The van der Waals surface area contributed by atoms with Crippen molar-refractivity contribution < 1.29 is 0 Å².